The first kappa shape index (κ1) is 18.4. The van der Waals surface area contributed by atoms with Crippen LogP contribution in [0.4, 0.5) is 0 Å². The highest BCUT2D eigenvalue weighted by Crippen LogP contribution is 2.38. The fraction of sp³-hybridized carbons (Fsp3) is 0.364. The molecule has 7 heteroatoms. The number of carbonyl (C=O) groups is 1. The molecule has 3 heterocycles. The van der Waals surface area contributed by atoms with Crippen molar-refractivity contribution in [1.82, 2.24) is 14.9 Å². The van der Waals surface area contributed by atoms with Gasteiger partial charge < -0.3 is 19.4 Å². The summed E-state index contributed by atoms with van der Waals surface area (Å²) < 4.78 is 11.6. The van der Waals surface area contributed by atoms with Gasteiger partial charge in [0.2, 0.25) is 5.91 Å². The van der Waals surface area contributed by atoms with Crippen molar-refractivity contribution in [1.29, 1.82) is 0 Å². The summed E-state index contributed by atoms with van der Waals surface area (Å²) in [6.07, 6.45) is 2.87. The zero-order valence-corrected chi connectivity index (χ0v) is 16.9. The summed E-state index contributed by atoms with van der Waals surface area (Å²) in [6, 6.07) is 14.1. The molecule has 0 aliphatic carbocycles. The maximum Gasteiger partial charge on any atom is 0.233 e. The maximum absolute atomic E-state index is 13.0. The Morgan fingerprint density at radius 1 is 1.14 bits per heavy atom. The predicted molar refractivity (Wildman–Crippen MR) is 113 cm³/mol. The van der Waals surface area contributed by atoms with Gasteiger partial charge in [-0.25, -0.2) is 4.98 Å². The Morgan fingerprint density at radius 2 is 2.00 bits per heavy atom. The number of benzene rings is 2. The molecule has 2 aliphatic rings. The molecule has 29 heavy (non-hydrogen) atoms. The van der Waals surface area contributed by atoms with Crippen LogP contribution in [-0.4, -0.2) is 46.3 Å². The summed E-state index contributed by atoms with van der Waals surface area (Å²) in [4.78, 5) is 22.8. The fourth-order valence-corrected chi connectivity index (χ4v) is 4.78. The monoisotopic (exact) mass is 409 g/mol. The molecular weight excluding hydrogens is 386 g/mol. The number of H-pyrrole nitrogens is 1. The van der Waals surface area contributed by atoms with E-state index in [0.717, 1.165) is 59.1 Å². The number of ether oxygens (including phenoxy) is 2. The van der Waals surface area contributed by atoms with Gasteiger partial charge in [0.1, 0.15) is 0 Å². The Labute approximate surface area is 173 Å². The smallest absolute Gasteiger partial charge is 0.233 e. The summed E-state index contributed by atoms with van der Waals surface area (Å²) in [5.41, 5.74) is 3.04. The van der Waals surface area contributed by atoms with Gasteiger partial charge in [-0.1, -0.05) is 30.0 Å². The van der Waals surface area contributed by atoms with E-state index in [-0.39, 0.29) is 11.9 Å². The van der Waals surface area contributed by atoms with E-state index in [1.165, 1.54) is 11.8 Å². The van der Waals surface area contributed by atoms with Crippen molar-refractivity contribution in [2.45, 2.75) is 30.5 Å². The van der Waals surface area contributed by atoms with Gasteiger partial charge in [-0.2, -0.15) is 0 Å². The number of hydrogen-bond acceptors (Lipinski definition) is 5. The highest BCUT2D eigenvalue weighted by Gasteiger charge is 2.30. The Hall–Kier alpha value is -2.67. The average molecular weight is 410 g/mol. The molecular formula is C22H23N3O3S. The van der Waals surface area contributed by atoms with Crippen molar-refractivity contribution in [2.75, 3.05) is 25.5 Å². The molecule has 0 spiro atoms. The van der Waals surface area contributed by atoms with E-state index in [1.54, 1.807) is 0 Å². The van der Waals surface area contributed by atoms with Crippen LogP contribution >= 0.6 is 11.8 Å². The lowest BCUT2D eigenvalue weighted by Crippen LogP contribution is -2.32. The van der Waals surface area contributed by atoms with E-state index >= 15 is 0 Å². The highest BCUT2D eigenvalue weighted by molar-refractivity contribution is 7.99. The topological polar surface area (TPSA) is 67.5 Å². The molecule has 0 bridgehead atoms. The zero-order valence-electron chi connectivity index (χ0n) is 16.1. The van der Waals surface area contributed by atoms with Crippen LogP contribution < -0.4 is 9.47 Å². The Bertz CT molecular complexity index is 1000. The van der Waals surface area contributed by atoms with Crippen molar-refractivity contribution in [2.24, 2.45) is 0 Å². The second-order valence-corrected chi connectivity index (χ2v) is 8.31. The van der Waals surface area contributed by atoms with Crippen LogP contribution in [0.15, 0.2) is 47.6 Å². The summed E-state index contributed by atoms with van der Waals surface area (Å²) in [6.45, 7) is 2.13. The van der Waals surface area contributed by atoms with Crippen molar-refractivity contribution >= 4 is 28.7 Å². The minimum absolute atomic E-state index is 0.0935. The molecule has 3 aromatic rings. The first-order valence-corrected chi connectivity index (χ1v) is 11.0. The third kappa shape index (κ3) is 3.79. The number of aromatic amines is 1. The van der Waals surface area contributed by atoms with E-state index in [9.17, 15) is 4.79 Å². The van der Waals surface area contributed by atoms with E-state index < -0.39 is 0 Å². The number of thioether (sulfide) groups is 1. The minimum Gasteiger partial charge on any atom is -0.490 e. The molecule has 1 aromatic heterocycles. The summed E-state index contributed by atoms with van der Waals surface area (Å²) in [5, 5.41) is 0.783. The number of hydrogen-bond donors (Lipinski definition) is 1. The van der Waals surface area contributed by atoms with Gasteiger partial charge in [0.15, 0.2) is 16.7 Å². The van der Waals surface area contributed by atoms with Crippen LogP contribution in [0.25, 0.3) is 11.0 Å². The Kier molecular flexibility index (Phi) is 5.06. The van der Waals surface area contributed by atoms with Crippen LogP contribution in [0, 0.1) is 0 Å². The van der Waals surface area contributed by atoms with Gasteiger partial charge in [-0.3, -0.25) is 4.79 Å². The lowest BCUT2D eigenvalue weighted by atomic mass is 10.0. The Balaban J connectivity index is 1.28. The summed E-state index contributed by atoms with van der Waals surface area (Å²) in [7, 11) is 0. The van der Waals surface area contributed by atoms with Gasteiger partial charge >= 0.3 is 0 Å². The van der Waals surface area contributed by atoms with Gasteiger partial charge in [-0.15, -0.1) is 0 Å². The minimum atomic E-state index is 0.0935. The molecule has 150 valence electrons. The lowest BCUT2D eigenvalue weighted by molar-refractivity contribution is -0.129. The Morgan fingerprint density at radius 3 is 2.90 bits per heavy atom. The molecule has 0 saturated carbocycles. The molecule has 2 aromatic carbocycles. The van der Waals surface area contributed by atoms with Crippen LogP contribution in [0.1, 0.15) is 30.9 Å². The lowest BCUT2D eigenvalue weighted by Gasteiger charge is -2.25. The first-order chi connectivity index (χ1) is 14.3. The third-order valence-electron chi connectivity index (χ3n) is 5.43. The molecule has 1 amide bonds. The van der Waals surface area contributed by atoms with Crippen molar-refractivity contribution < 1.29 is 14.3 Å². The molecule has 0 radical (unpaired) electrons. The number of rotatable bonds is 4. The van der Waals surface area contributed by atoms with Crippen LogP contribution in [0.3, 0.4) is 0 Å². The zero-order chi connectivity index (χ0) is 19.6. The molecule has 6 nitrogen and oxygen atoms in total. The second kappa shape index (κ2) is 7.99. The van der Waals surface area contributed by atoms with Gasteiger partial charge in [-0.05, 0) is 42.7 Å². The number of aromatic nitrogens is 2. The van der Waals surface area contributed by atoms with Gasteiger partial charge in [0, 0.05) is 13.0 Å². The van der Waals surface area contributed by atoms with E-state index in [1.807, 2.05) is 41.3 Å². The van der Waals surface area contributed by atoms with Crippen LogP contribution in [0.5, 0.6) is 11.5 Å². The van der Waals surface area contributed by atoms with Gasteiger partial charge in [0.25, 0.3) is 0 Å². The highest BCUT2D eigenvalue weighted by atomic mass is 32.2. The van der Waals surface area contributed by atoms with Gasteiger partial charge in [0.05, 0.1) is 36.0 Å². The molecule has 2 aliphatic heterocycles. The normalized spacial score (nSPS) is 18.8. The maximum atomic E-state index is 13.0. The third-order valence-corrected chi connectivity index (χ3v) is 6.29. The molecule has 1 N–H and O–H groups in total. The molecule has 1 saturated heterocycles. The van der Waals surface area contributed by atoms with E-state index in [0.29, 0.717) is 19.0 Å². The standard InChI is InChI=1S/C22H23N3O3S/c26-21(14-29-22-23-16-5-1-2-6-17(16)24-22)25-10-3-7-18(25)15-8-9-19-20(13-15)28-12-4-11-27-19/h1-2,5-6,8-9,13,18H,3-4,7,10-12,14H2,(H,23,24)/t18-/m0/s1. The van der Waals surface area contributed by atoms with Crippen LogP contribution in [-0.2, 0) is 4.79 Å². The van der Waals surface area contributed by atoms with E-state index in [2.05, 4.69) is 16.0 Å². The fourth-order valence-electron chi connectivity index (χ4n) is 4.01. The number of carbonyl (C=O) groups excluding carboxylic acids is 1. The predicted octanol–water partition coefficient (Wildman–Crippen LogP) is 4.18. The summed E-state index contributed by atoms with van der Waals surface area (Å²) >= 11 is 1.46. The quantitative estimate of drug-likeness (QED) is 0.655. The number of likely N-dealkylation sites (tertiary alicyclic amines) is 1. The van der Waals surface area contributed by atoms with Crippen molar-refractivity contribution in [3.05, 3.63) is 48.0 Å². The number of amides is 1. The number of nitrogens with zero attached hydrogens (tertiary/aromatic N) is 2. The first-order valence-electron chi connectivity index (χ1n) is 10.0. The van der Waals surface area contributed by atoms with Crippen LogP contribution in [0.2, 0.25) is 0 Å². The molecule has 0 unspecified atom stereocenters. The number of nitrogens with one attached hydrogen (secondary N) is 1. The number of imidazole rings is 1. The largest absolute Gasteiger partial charge is 0.490 e. The average Bonchev–Trinajstić information content (AvgIpc) is 3.33. The van der Waals surface area contributed by atoms with E-state index in [4.69, 9.17) is 9.47 Å². The SMILES string of the molecule is O=C(CSc1nc2ccccc2[nH]1)N1CCC[C@H]1c1ccc2c(c1)OCCCO2. The molecule has 1 atom stereocenters. The number of fused-ring (bicyclic) bond motifs is 2. The van der Waals surface area contributed by atoms with Crippen molar-refractivity contribution in [3.63, 3.8) is 0 Å². The number of para-hydroxylation sites is 2. The second-order valence-electron chi connectivity index (χ2n) is 7.35. The molecule has 5 rings (SSSR count). The summed E-state index contributed by atoms with van der Waals surface area (Å²) in [5.74, 6) is 2.10. The molecule has 1 fully saturated rings. The van der Waals surface area contributed by atoms with Crippen molar-refractivity contribution in [3.8, 4) is 11.5 Å².